The van der Waals surface area contributed by atoms with Crippen LogP contribution in [0.25, 0.3) is 10.9 Å². The van der Waals surface area contributed by atoms with E-state index in [4.69, 9.17) is 0 Å². The van der Waals surface area contributed by atoms with Crippen molar-refractivity contribution in [3.05, 3.63) is 60.3 Å². The average Bonchev–Trinajstić information content (AvgIpc) is 3.11. The van der Waals surface area contributed by atoms with Gasteiger partial charge >= 0.3 is 0 Å². The molecule has 0 unspecified atom stereocenters. The van der Waals surface area contributed by atoms with E-state index in [1.165, 1.54) is 0 Å². The van der Waals surface area contributed by atoms with Crippen molar-refractivity contribution in [1.82, 2.24) is 9.88 Å². The van der Waals surface area contributed by atoms with Crippen LogP contribution in [-0.2, 0) is 0 Å². The van der Waals surface area contributed by atoms with E-state index >= 15 is 0 Å². The van der Waals surface area contributed by atoms with Crippen LogP contribution in [-0.4, -0.2) is 47.1 Å². The number of hydrogen-bond acceptors (Lipinski definition) is 3. The largest absolute Gasteiger partial charge is 0.508 e. The summed E-state index contributed by atoms with van der Waals surface area (Å²) >= 11 is 0. The number of rotatable bonds is 2. The summed E-state index contributed by atoms with van der Waals surface area (Å²) in [6.07, 6.45) is 1.87. The third-order valence-corrected chi connectivity index (χ3v) is 4.61. The van der Waals surface area contributed by atoms with Gasteiger partial charge in [-0.1, -0.05) is 6.07 Å². The highest BCUT2D eigenvalue weighted by molar-refractivity contribution is 6.06. The van der Waals surface area contributed by atoms with E-state index in [2.05, 4.69) is 9.88 Å². The van der Waals surface area contributed by atoms with E-state index < -0.39 is 0 Å². The number of fused-ring (bicyclic) bond motifs is 1. The normalized spacial score (nSPS) is 15.0. The number of benzene rings is 2. The lowest BCUT2D eigenvalue weighted by Crippen LogP contribution is -2.48. The second kappa shape index (κ2) is 5.92. The van der Waals surface area contributed by atoms with Crippen LogP contribution in [0.2, 0.25) is 0 Å². The van der Waals surface area contributed by atoms with E-state index in [1.54, 1.807) is 12.1 Å². The Morgan fingerprint density at radius 1 is 0.958 bits per heavy atom. The van der Waals surface area contributed by atoms with Gasteiger partial charge in [0.15, 0.2) is 0 Å². The fourth-order valence-corrected chi connectivity index (χ4v) is 3.27. The van der Waals surface area contributed by atoms with Crippen molar-refractivity contribution in [2.45, 2.75) is 0 Å². The summed E-state index contributed by atoms with van der Waals surface area (Å²) in [5, 5.41) is 10.4. The minimum Gasteiger partial charge on any atom is -0.508 e. The number of aromatic amines is 1. The van der Waals surface area contributed by atoms with Crippen molar-refractivity contribution < 1.29 is 9.90 Å². The number of nitrogens with zero attached hydrogens (tertiary/aromatic N) is 2. The molecule has 4 rings (SSSR count). The summed E-state index contributed by atoms with van der Waals surface area (Å²) in [7, 11) is 0. The summed E-state index contributed by atoms with van der Waals surface area (Å²) in [6, 6.07) is 15.0. The molecule has 1 amide bonds. The van der Waals surface area contributed by atoms with E-state index in [0.29, 0.717) is 13.1 Å². The molecule has 5 heteroatoms. The number of amides is 1. The maximum Gasteiger partial charge on any atom is 0.254 e. The first-order valence-corrected chi connectivity index (χ1v) is 8.12. The van der Waals surface area contributed by atoms with E-state index in [9.17, 15) is 9.90 Å². The molecule has 0 saturated carbocycles. The summed E-state index contributed by atoms with van der Waals surface area (Å²) in [5.41, 5.74) is 2.82. The molecule has 1 aromatic heterocycles. The Hall–Kier alpha value is -2.95. The molecule has 0 bridgehead atoms. The van der Waals surface area contributed by atoms with Crippen LogP contribution in [0.15, 0.2) is 54.7 Å². The predicted molar refractivity (Wildman–Crippen MR) is 94.5 cm³/mol. The molecule has 2 N–H and O–H groups in total. The second-order valence-electron chi connectivity index (χ2n) is 6.04. The number of aromatic hydroxyl groups is 1. The van der Waals surface area contributed by atoms with Crippen LogP contribution in [0.1, 0.15) is 10.4 Å². The molecular weight excluding hydrogens is 302 g/mol. The van der Waals surface area contributed by atoms with Crippen LogP contribution in [0.5, 0.6) is 5.75 Å². The Morgan fingerprint density at radius 2 is 1.71 bits per heavy atom. The molecule has 0 radical (unpaired) electrons. The summed E-state index contributed by atoms with van der Waals surface area (Å²) in [6.45, 7) is 2.97. The average molecular weight is 321 g/mol. The molecule has 2 heterocycles. The molecule has 3 aromatic rings. The monoisotopic (exact) mass is 321 g/mol. The van der Waals surface area contributed by atoms with Gasteiger partial charge in [0, 0.05) is 54.5 Å². The van der Waals surface area contributed by atoms with Crippen molar-refractivity contribution in [2.75, 3.05) is 31.1 Å². The van der Waals surface area contributed by atoms with Gasteiger partial charge in [0.1, 0.15) is 5.75 Å². The highest BCUT2D eigenvalue weighted by atomic mass is 16.3. The van der Waals surface area contributed by atoms with E-state index in [0.717, 1.165) is 35.2 Å². The molecule has 24 heavy (non-hydrogen) atoms. The first-order chi connectivity index (χ1) is 11.7. The number of H-pyrrole nitrogens is 1. The molecular formula is C19H19N3O2. The first kappa shape index (κ1) is 14.6. The zero-order chi connectivity index (χ0) is 16.5. The number of carbonyl (C=O) groups is 1. The number of phenolic OH excluding ortho intramolecular Hbond substituents is 1. The molecule has 5 nitrogen and oxygen atoms in total. The molecule has 1 fully saturated rings. The number of aromatic nitrogens is 1. The molecule has 122 valence electrons. The first-order valence-electron chi connectivity index (χ1n) is 8.12. The Morgan fingerprint density at radius 3 is 2.46 bits per heavy atom. The number of nitrogens with one attached hydrogen (secondary N) is 1. The van der Waals surface area contributed by atoms with Crippen LogP contribution in [0.4, 0.5) is 5.69 Å². The van der Waals surface area contributed by atoms with Gasteiger partial charge in [-0.2, -0.15) is 0 Å². The number of piperazine rings is 1. The second-order valence-corrected chi connectivity index (χ2v) is 6.04. The lowest BCUT2D eigenvalue weighted by atomic mass is 10.1. The third-order valence-electron chi connectivity index (χ3n) is 4.61. The number of anilines is 1. The van der Waals surface area contributed by atoms with Crippen molar-refractivity contribution in [3.8, 4) is 5.75 Å². The molecule has 0 spiro atoms. The minimum atomic E-state index is 0.0885. The van der Waals surface area contributed by atoms with Crippen LogP contribution in [0.3, 0.4) is 0 Å². The standard InChI is InChI=1S/C19H19N3O2/c23-15-6-4-14(5-7-15)21-10-12-22(13-11-21)19(24)17-2-1-3-18-16(17)8-9-20-18/h1-9,20,23H,10-13H2. The van der Waals surface area contributed by atoms with E-state index in [-0.39, 0.29) is 11.7 Å². The van der Waals surface area contributed by atoms with Gasteiger partial charge < -0.3 is 19.9 Å². The summed E-state index contributed by atoms with van der Waals surface area (Å²) in [4.78, 5) is 20.2. The number of hydrogen-bond donors (Lipinski definition) is 2. The lowest BCUT2D eigenvalue weighted by molar-refractivity contribution is 0.0749. The van der Waals surface area contributed by atoms with Gasteiger partial charge in [-0.15, -0.1) is 0 Å². The molecule has 2 aromatic carbocycles. The van der Waals surface area contributed by atoms with E-state index in [1.807, 2.05) is 47.5 Å². The van der Waals surface area contributed by atoms with Crippen LogP contribution in [0, 0.1) is 0 Å². The topological polar surface area (TPSA) is 59.6 Å². The van der Waals surface area contributed by atoms with Crippen LogP contribution >= 0.6 is 0 Å². The smallest absolute Gasteiger partial charge is 0.254 e. The Balaban J connectivity index is 1.48. The van der Waals surface area contributed by atoms with Crippen molar-refractivity contribution in [1.29, 1.82) is 0 Å². The molecule has 1 aliphatic heterocycles. The fraction of sp³-hybridized carbons (Fsp3) is 0.211. The van der Waals surface area contributed by atoms with Crippen molar-refractivity contribution >= 4 is 22.5 Å². The summed E-state index contributed by atoms with van der Waals surface area (Å²) < 4.78 is 0. The van der Waals surface area contributed by atoms with Crippen molar-refractivity contribution in [2.24, 2.45) is 0 Å². The fourth-order valence-electron chi connectivity index (χ4n) is 3.27. The van der Waals surface area contributed by atoms with Gasteiger partial charge in [0.25, 0.3) is 5.91 Å². The zero-order valence-corrected chi connectivity index (χ0v) is 13.3. The SMILES string of the molecule is O=C(c1cccc2[nH]ccc12)N1CCN(c2ccc(O)cc2)CC1. The molecule has 1 aliphatic rings. The summed E-state index contributed by atoms with van der Waals surface area (Å²) in [5.74, 6) is 0.359. The maximum atomic E-state index is 12.9. The molecule has 0 aliphatic carbocycles. The molecule has 0 atom stereocenters. The Kier molecular flexibility index (Phi) is 3.61. The maximum absolute atomic E-state index is 12.9. The Labute approximate surface area is 140 Å². The van der Waals surface area contributed by atoms with Gasteiger partial charge in [0.05, 0.1) is 0 Å². The lowest BCUT2D eigenvalue weighted by Gasteiger charge is -2.36. The van der Waals surface area contributed by atoms with Gasteiger partial charge in [-0.05, 0) is 42.5 Å². The molecule has 1 saturated heterocycles. The highest BCUT2D eigenvalue weighted by Gasteiger charge is 2.23. The quantitative estimate of drug-likeness (QED) is 0.763. The highest BCUT2D eigenvalue weighted by Crippen LogP contribution is 2.22. The number of phenols is 1. The Bertz CT molecular complexity index is 862. The predicted octanol–water partition coefficient (Wildman–Crippen LogP) is 2.84. The zero-order valence-electron chi connectivity index (χ0n) is 13.3. The van der Waals surface area contributed by atoms with Gasteiger partial charge in [0.2, 0.25) is 0 Å². The minimum absolute atomic E-state index is 0.0885. The van der Waals surface area contributed by atoms with Gasteiger partial charge in [-0.3, -0.25) is 4.79 Å². The third kappa shape index (κ3) is 2.58. The number of carbonyl (C=O) groups excluding carboxylic acids is 1. The van der Waals surface area contributed by atoms with Gasteiger partial charge in [-0.25, -0.2) is 0 Å². The van der Waals surface area contributed by atoms with Crippen LogP contribution < -0.4 is 4.90 Å². The van der Waals surface area contributed by atoms with Crippen molar-refractivity contribution in [3.63, 3.8) is 0 Å².